The van der Waals surface area contributed by atoms with Gasteiger partial charge >= 0.3 is 12.0 Å². The molecule has 1 aromatic rings. The van der Waals surface area contributed by atoms with Crippen LogP contribution in [0.4, 0.5) is 14.9 Å². The molecule has 20 heavy (non-hydrogen) atoms. The van der Waals surface area contributed by atoms with E-state index in [-0.39, 0.29) is 5.92 Å². The third-order valence-electron chi connectivity index (χ3n) is 3.21. The van der Waals surface area contributed by atoms with E-state index in [0.29, 0.717) is 17.7 Å². The first-order valence-corrected chi connectivity index (χ1v) is 6.41. The van der Waals surface area contributed by atoms with E-state index >= 15 is 0 Å². The molecule has 2 unspecified atom stereocenters. The Kier molecular flexibility index (Phi) is 5.49. The van der Waals surface area contributed by atoms with Crippen molar-refractivity contribution in [2.75, 3.05) is 5.32 Å². The summed E-state index contributed by atoms with van der Waals surface area (Å²) in [6.45, 7) is 5.31. The quantitative estimate of drug-likeness (QED) is 0.777. The van der Waals surface area contributed by atoms with Crippen molar-refractivity contribution in [2.45, 2.75) is 33.2 Å². The second-order valence-electron chi connectivity index (χ2n) is 4.76. The Morgan fingerprint density at radius 2 is 2.05 bits per heavy atom. The normalized spacial score (nSPS) is 13.4. The molecule has 1 rings (SSSR count). The topological polar surface area (TPSA) is 78.4 Å². The van der Waals surface area contributed by atoms with Gasteiger partial charge in [0.15, 0.2) is 0 Å². The Morgan fingerprint density at radius 1 is 1.40 bits per heavy atom. The van der Waals surface area contributed by atoms with Gasteiger partial charge < -0.3 is 15.7 Å². The standard InChI is InChI=1S/C14H19FN2O3/c1-4-8(2)12(13(18)19)17-14(20)16-11-7-10(15)6-5-9(11)3/h5-8,12H,4H2,1-3H3,(H,18,19)(H2,16,17,20). The fourth-order valence-corrected chi connectivity index (χ4v) is 1.71. The number of urea groups is 1. The number of aliphatic carboxylic acids is 1. The van der Waals surface area contributed by atoms with Crippen molar-refractivity contribution in [3.05, 3.63) is 29.6 Å². The second kappa shape index (κ2) is 6.88. The van der Waals surface area contributed by atoms with Crippen LogP contribution in [0.5, 0.6) is 0 Å². The number of benzene rings is 1. The number of carboxylic acids is 1. The highest BCUT2D eigenvalue weighted by Crippen LogP contribution is 2.16. The van der Waals surface area contributed by atoms with Crippen LogP contribution in [0.25, 0.3) is 0 Å². The van der Waals surface area contributed by atoms with E-state index in [1.165, 1.54) is 18.2 Å². The first kappa shape index (κ1) is 15.9. The Labute approximate surface area is 117 Å². The van der Waals surface area contributed by atoms with Crippen LogP contribution in [-0.4, -0.2) is 23.1 Å². The van der Waals surface area contributed by atoms with E-state index in [1.807, 2.05) is 6.92 Å². The van der Waals surface area contributed by atoms with Gasteiger partial charge in [-0.25, -0.2) is 14.0 Å². The number of halogens is 1. The Balaban J connectivity index is 2.75. The maximum absolute atomic E-state index is 13.1. The van der Waals surface area contributed by atoms with Crippen LogP contribution in [0.1, 0.15) is 25.8 Å². The molecule has 0 radical (unpaired) electrons. The fourth-order valence-electron chi connectivity index (χ4n) is 1.71. The molecule has 0 aliphatic heterocycles. The number of carbonyl (C=O) groups is 2. The van der Waals surface area contributed by atoms with Gasteiger partial charge in [0.05, 0.1) is 0 Å². The van der Waals surface area contributed by atoms with Gasteiger partial charge in [0.25, 0.3) is 0 Å². The lowest BCUT2D eigenvalue weighted by Gasteiger charge is -2.20. The highest BCUT2D eigenvalue weighted by atomic mass is 19.1. The highest BCUT2D eigenvalue weighted by molar-refractivity contribution is 5.92. The van der Waals surface area contributed by atoms with Crippen molar-refractivity contribution < 1.29 is 19.1 Å². The average Bonchev–Trinajstić information content (AvgIpc) is 2.39. The number of nitrogens with one attached hydrogen (secondary N) is 2. The fraction of sp³-hybridized carbons (Fsp3) is 0.429. The SMILES string of the molecule is CCC(C)C(NC(=O)Nc1cc(F)ccc1C)C(=O)O. The summed E-state index contributed by atoms with van der Waals surface area (Å²) >= 11 is 0. The number of hydrogen-bond donors (Lipinski definition) is 3. The van der Waals surface area contributed by atoms with Crippen molar-refractivity contribution in [3.8, 4) is 0 Å². The molecule has 0 aliphatic rings. The van der Waals surface area contributed by atoms with E-state index < -0.39 is 23.9 Å². The first-order chi connectivity index (χ1) is 9.35. The number of carboxylic acid groups (broad SMARTS) is 1. The number of anilines is 1. The largest absolute Gasteiger partial charge is 0.480 e. The van der Waals surface area contributed by atoms with Crippen molar-refractivity contribution in [2.24, 2.45) is 5.92 Å². The molecule has 0 bridgehead atoms. The zero-order valence-electron chi connectivity index (χ0n) is 11.7. The van der Waals surface area contributed by atoms with Gasteiger partial charge in [-0.05, 0) is 30.5 Å². The van der Waals surface area contributed by atoms with Gasteiger partial charge in [0.1, 0.15) is 11.9 Å². The minimum atomic E-state index is -1.09. The molecule has 0 aliphatic carbocycles. The molecule has 1 aromatic carbocycles. The molecule has 0 aromatic heterocycles. The van der Waals surface area contributed by atoms with E-state index in [9.17, 15) is 14.0 Å². The monoisotopic (exact) mass is 282 g/mol. The van der Waals surface area contributed by atoms with E-state index in [1.54, 1.807) is 13.8 Å². The van der Waals surface area contributed by atoms with Gasteiger partial charge in [-0.1, -0.05) is 26.3 Å². The lowest BCUT2D eigenvalue weighted by molar-refractivity contribution is -0.140. The van der Waals surface area contributed by atoms with Crippen LogP contribution in [0.3, 0.4) is 0 Å². The summed E-state index contributed by atoms with van der Waals surface area (Å²) in [6.07, 6.45) is 0.621. The lowest BCUT2D eigenvalue weighted by atomic mass is 9.99. The summed E-state index contributed by atoms with van der Waals surface area (Å²) in [5, 5.41) is 13.9. The number of aryl methyl sites for hydroxylation is 1. The predicted molar refractivity (Wildman–Crippen MR) is 74.2 cm³/mol. The van der Waals surface area contributed by atoms with Gasteiger partial charge in [0, 0.05) is 5.69 Å². The minimum Gasteiger partial charge on any atom is -0.480 e. The van der Waals surface area contributed by atoms with Gasteiger partial charge in [0.2, 0.25) is 0 Å². The zero-order chi connectivity index (χ0) is 15.3. The molecule has 0 saturated carbocycles. The molecule has 0 saturated heterocycles. The third kappa shape index (κ3) is 4.22. The molecule has 5 nitrogen and oxygen atoms in total. The number of rotatable bonds is 5. The zero-order valence-corrected chi connectivity index (χ0v) is 11.7. The van der Waals surface area contributed by atoms with E-state index in [0.717, 1.165) is 0 Å². The lowest BCUT2D eigenvalue weighted by Crippen LogP contribution is -2.46. The van der Waals surface area contributed by atoms with Crippen molar-refractivity contribution >= 4 is 17.7 Å². The molecule has 0 fully saturated rings. The Hall–Kier alpha value is -2.11. The summed E-state index contributed by atoms with van der Waals surface area (Å²) in [7, 11) is 0. The van der Waals surface area contributed by atoms with Crippen LogP contribution < -0.4 is 10.6 Å². The summed E-state index contributed by atoms with van der Waals surface area (Å²) < 4.78 is 13.1. The smallest absolute Gasteiger partial charge is 0.326 e. The van der Waals surface area contributed by atoms with Crippen LogP contribution in [-0.2, 0) is 4.79 Å². The van der Waals surface area contributed by atoms with Crippen LogP contribution >= 0.6 is 0 Å². The molecule has 0 heterocycles. The van der Waals surface area contributed by atoms with Crippen LogP contribution in [0.15, 0.2) is 18.2 Å². The molecule has 3 N–H and O–H groups in total. The van der Waals surface area contributed by atoms with Crippen molar-refractivity contribution in [3.63, 3.8) is 0 Å². The molecular formula is C14H19FN2O3. The summed E-state index contributed by atoms with van der Waals surface area (Å²) in [4.78, 5) is 22.9. The van der Waals surface area contributed by atoms with Gasteiger partial charge in [-0.15, -0.1) is 0 Å². The average molecular weight is 282 g/mol. The Morgan fingerprint density at radius 3 is 2.60 bits per heavy atom. The number of amides is 2. The maximum Gasteiger partial charge on any atom is 0.326 e. The molecule has 2 atom stereocenters. The maximum atomic E-state index is 13.1. The minimum absolute atomic E-state index is 0.202. The summed E-state index contributed by atoms with van der Waals surface area (Å²) in [5.74, 6) is -1.76. The predicted octanol–water partition coefficient (Wildman–Crippen LogP) is 2.75. The van der Waals surface area contributed by atoms with E-state index in [4.69, 9.17) is 5.11 Å². The van der Waals surface area contributed by atoms with E-state index in [2.05, 4.69) is 10.6 Å². The summed E-state index contributed by atoms with van der Waals surface area (Å²) in [6, 6.07) is 2.38. The molecule has 2 amide bonds. The van der Waals surface area contributed by atoms with Crippen LogP contribution in [0.2, 0.25) is 0 Å². The van der Waals surface area contributed by atoms with Crippen LogP contribution in [0, 0.1) is 18.7 Å². The molecular weight excluding hydrogens is 263 g/mol. The third-order valence-corrected chi connectivity index (χ3v) is 3.21. The second-order valence-corrected chi connectivity index (χ2v) is 4.76. The molecule has 110 valence electrons. The van der Waals surface area contributed by atoms with Crippen molar-refractivity contribution in [1.29, 1.82) is 0 Å². The first-order valence-electron chi connectivity index (χ1n) is 6.41. The highest BCUT2D eigenvalue weighted by Gasteiger charge is 2.25. The number of carbonyl (C=O) groups excluding carboxylic acids is 1. The number of hydrogen-bond acceptors (Lipinski definition) is 2. The van der Waals surface area contributed by atoms with Gasteiger partial charge in [-0.3, -0.25) is 0 Å². The molecule has 6 heteroatoms. The summed E-state index contributed by atoms with van der Waals surface area (Å²) in [5.41, 5.74) is 1.01. The molecule has 0 spiro atoms. The van der Waals surface area contributed by atoms with Crippen molar-refractivity contribution in [1.82, 2.24) is 5.32 Å². The van der Waals surface area contributed by atoms with Gasteiger partial charge in [-0.2, -0.15) is 0 Å². The Bertz CT molecular complexity index is 505.